The van der Waals surface area contributed by atoms with Crippen molar-refractivity contribution in [2.75, 3.05) is 12.0 Å². The number of rotatable bonds is 5. The smallest absolute Gasteiger partial charge is 0.408 e. The third kappa shape index (κ3) is 7.06. The van der Waals surface area contributed by atoms with Crippen molar-refractivity contribution in [3.8, 4) is 0 Å². The van der Waals surface area contributed by atoms with Gasteiger partial charge in [0.25, 0.3) is 0 Å². The Balaban J connectivity index is 4.44. The fraction of sp³-hybridized carbons (Fsp3) is 0.800. The maximum absolute atomic E-state index is 11.4. The van der Waals surface area contributed by atoms with Gasteiger partial charge < -0.3 is 20.3 Å². The Morgan fingerprint density at radius 1 is 1.41 bits per heavy atom. The maximum Gasteiger partial charge on any atom is 0.408 e. The van der Waals surface area contributed by atoms with E-state index in [0.29, 0.717) is 0 Å². The molecular formula is C10H19NO5S. The molecule has 7 heteroatoms. The lowest BCUT2D eigenvalue weighted by atomic mass is 10.2. The molecule has 0 rings (SSSR count). The van der Waals surface area contributed by atoms with Crippen LogP contribution in [-0.2, 0) is 9.53 Å². The molecule has 0 saturated carbocycles. The summed E-state index contributed by atoms with van der Waals surface area (Å²) in [6.45, 7) is 5.09. The van der Waals surface area contributed by atoms with E-state index in [1.54, 1.807) is 27.0 Å². The topological polar surface area (TPSA) is 95.9 Å². The highest BCUT2D eigenvalue weighted by atomic mass is 32.2. The molecule has 0 heterocycles. The number of aliphatic carboxylic acids is 1. The van der Waals surface area contributed by atoms with Crippen LogP contribution < -0.4 is 5.32 Å². The van der Waals surface area contributed by atoms with Crippen LogP contribution in [0.2, 0.25) is 0 Å². The molecule has 0 saturated heterocycles. The van der Waals surface area contributed by atoms with Crippen molar-refractivity contribution >= 4 is 23.8 Å². The zero-order valence-corrected chi connectivity index (χ0v) is 11.2. The second kappa shape index (κ2) is 6.70. The van der Waals surface area contributed by atoms with Crippen molar-refractivity contribution in [3.63, 3.8) is 0 Å². The molecule has 100 valence electrons. The summed E-state index contributed by atoms with van der Waals surface area (Å²) in [6.07, 6.45) is -0.634. The molecule has 0 spiro atoms. The number of aliphatic hydroxyl groups is 1. The Morgan fingerprint density at radius 3 is 2.29 bits per heavy atom. The number of carboxylic acid groups (broad SMARTS) is 1. The first-order valence-electron chi connectivity index (χ1n) is 5.06. The Labute approximate surface area is 105 Å². The van der Waals surface area contributed by atoms with Crippen molar-refractivity contribution in [1.82, 2.24) is 5.32 Å². The lowest BCUT2D eigenvalue weighted by molar-refractivity contribution is -0.147. The highest BCUT2D eigenvalue weighted by molar-refractivity contribution is 7.98. The summed E-state index contributed by atoms with van der Waals surface area (Å²) in [4.78, 5) is 22.1. The van der Waals surface area contributed by atoms with Gasteiger partial charge in [-0.3, -0.25) is 0 Å². The maximum atomic E-state index is 11.4. The molecule has 17 heavy (non-hydrogen) atoms. The number of hydrogen-bond donors (Lipinski definition) is 3. The van der Waals surface area contributed by atoms with Gasteiger partial charge in [0.15, 0.2) is 6.10 Å². The molecule has 0 unspecified atom stereocenters. The summed E-state index contributed by atoms with van der Waals surface area (Å²) in [7, 11) is 0. The first kappa shape index (κ1) is 16.1. The Morgan fingerprint density at radius 2 is 1.94 bits per heavy atom. The van der Waals surface area contributed by atoms with Crippen LogP contribution in [0.5, 0.6) is 0 Å². The van der Waals surface area contributed by atoms with Crippen LogP contribution in [0.4, 0.5) is 4.79 Å². The van der Waals surface area contributed by atoms with Gasteiger partial charge in [0.2, 0.25) is 0 Å². The van der Waals surface area contributed by atoms with Crippen LogP contribution in [0.3, 0.4) is 0 Å². The van der Waals surface area contributed by atoms with Gasteiger partial charge in [-0.15, -0.1) is 0 Å². The summed E-state index contributed by atoms with van der Waals surface area (Å²) < 4.78 is 4.98. The van der Waals surface area contributed by atoms with Gasteiger partial charge >= 0.3 is 12.1 Å². The van der Waals surface area contributed by atoms with Crippen molar-refractivity contribution in [2.45, 2.75) is 38.5 Å². The van der Waals surface area contributed by atoms with Gasteiger partial charge in [0, 0.05) is 5.75 Å². The van der Waals surface area contributed by atoms with Gasteiger partial charge in [-0.2, -0.15) is 11.8 Å². The van der Waals surface area contributed by atoms with E-state index in [-0.39, 0.29) is 5.75 Å². The van der Waals surface area contributed by atoms with Crippen LogP contribution in [0.25, 0.3) is 0 Å². The number of thioether (sulfide) groups is 1. The van der Waals surface area contributed by atoms with Crippen molar-refractivity contribution in [3.05, 3.63) is 0 Å². The SMILES string of the molecule is CSC[C@@H](NC(=O)OC(C)(C)C)[C@@H](O)C(=O)O. The molecule has 1 amide bonds. The molecule has 0 aliphatic carbocycles. The summed E-state index contributed by atoms with van der Waals surface area (Å²) in [6, 6.07) is -0.877. The minimum Gasteiger partial charge on any atom is -0.479 e. The summed E-state index contributed by atoms with van der Waals surface area (Å²) in [5, 5.41) is 20.4. The molecular weight excluding hydrogens is 246 g/mol. The normalized spacial score (nSPS) is 14.9. The van der Waals surface area contributed by atoms with Gasteiger partial charge in [-0.1, -0.05) is 0 Å². The van der Waals surface area contributed by atoms with Crippen molar-refractivity contribution in [1.29, 1.82) is 0 Å². The molecule has 0 aliphatic rings. The number of amides is 1. The van der Waals surface area contributed by atoms with Gasteiger partial charge in [-0.25, -0.2) is 9.59 Å². The fourth-order valence-electron chi connectivity index (χ4n) is 1.02. The van der Waals surface area contributed by atoms with E-state index in [4.69, 9.17) is 9.84 Å². The van der Waals surface area contributed by atoms with Crippen LogP contribution in [-0.4, -0.2) is 52.0 Å². The second-order valence-electron chi connectivity index (χ2n) is 4.49. The Kier molecular flexibility index (Phi) is 6.33. The predicted molar refractivity (Wildman–Crippen MR) is 65.2 cm³/mol. The number of hydrogen-bond acceptors (Lipinski definition) is 5. The first-order valence-corrected chi connectivity index (χ1v) is 6.46. The van der Waals surface area contributed by atoms with Crippen molar-refractivity contribution in [2.24, 2.45) is 0 Å². The van der Waals surface area contributed by atoms with E-state index >= 15 is 0 Å². The second-order valence-corrected chi connectivity index (χ2v) is 5.40. The summed E-state index contributed by atoms with van der Waals surface area (Å²) in [5.41, 5.74) is -0.665. The summed E-state index contributed by atoms with van der Waals surface area (Å²) >= 11 is 1.32. The molecule has 0 aromatic rings. The van der Waals surface area contributed by atoms with Crippen LogP contribution in [0.15, 0.2) is 0 Å². The van der Waals surface area contributed by atoms with Crippen molar-refractivity contribution < 1.29 is 24.5 Å². The molecule has 0 fully saturated rings. The largest absolute Gasteiger partial charge is 0.479 e. The molecule has 0 aliphatic heterocycles. The first-order chi connectivity index (χ1) is 7.67. The Bertz CT molecular complexity index is 276. The monoisotopic (exact) mass is 265 g/mol. The molecule has 0 bridgehead atoms. The van der Waals surface area contributed by atoms with Crippen LogP contribution >= 0.6 is 11.8 Å². The third-order valence-electron chi connectivity index (χ3n) is 1.68. The number of carbonyl (C=O) groups is 2. The van der Waals surface area contributed by atoms with Gasteiger partial charge in [0.1, 0.15) is 5.60 Å². The number of alkyl carbamates (subject to hydrolysis) is 1. The van der Waals surface area contributed by atoms with E-state index in [9.17, 15) is 14.7 Å². The minimum absolute atomic E-state index is 0.284. The number of aliphatic hydroxyl groups excluding tert-OH is 1. The minimum atomic E-state index is -1.64. The molecule has 3 N–H and O–H groups in total. The Hall–Kier alpha value is -0.950. The average Bonchev–Trinajstić information content (AvgIpc) is 2.12. The average molecular weight is 265 g/mol. The molecule has 2 atom stereocenters. The highest BCUT2D eigenvalue weighted by Crippen LogP contribution is 2.09. The van der Waals surface area contributed by atoms with Gasteiger partial charge in [0.05, 0.1) is 6.04 Å². The standard InChI is InChI=1S/C10H19NO5S/c1-10(2,3)16-9(15)11-6(5-17-4)7(12)8(13)14/h6-7,12H,5H2,1-4H3,(H,11,15)(H,13,14)/t6-,7-/m1/s1. The molecule has 0 aromatic carbocycles. The van der Waals surface area contributed by atoms with E-state index in [2.05, 4.69) is 5.32 Å². The highest BCUT2D eigenvalue weighted by Gasteiger charge is 2.28. The van der Waals surface area contributed by atoms with Crippen LogP contribution in [0, 0.1) is 0 Å². The number of ether oxygens (including phenoxy) is 1. The zero-order valence-electron chi connectivity index (χ0n) is 10.4. The fourth-order valence-corrected chi connectivity index (χ4v) is 1.65. The summed E-state index contributed by atoms with van der Waals surface area (Å²) in [5.74, 6) is -1.09. The van der Waals surface area contributed by atoms with E-state index in [1.807, 2.05) is 0 Å². The number of carboxylic acids is 1. The lowest BCUT2D eigenvalue weighted by Crippen LogP contribution is -2.49. The lowest BCUT2D eigenvalue weighted by Gasteiger charge is -2.24. The molecule has 0 radical (unpaired) electrons. The number of carbonyl (C=O) groups excluding carboxylic acids is 1. The third-order valence-corrected chi connectivity index (χ3v) is 2.37. The van der Waals surface area contributed by atoms with Crippen LogP contribution in [0.1, 0.15) is 20.8 Å². The number of nitrogens with one attached hydrogen (secondary N) is 1. The van der Waals surface area contributed by atoms with E-state index < -0.39 is 29.8 Å². The zero-order chi connectivity index (χ0) is 13.6. The van der Waals surface area contributed by atoms with Gasteiger partial charge in [-0.05, 0) is 27.0 Å². The molecule has 0 aromatic heterocycles. The van der Waals surface area contributed by atoms with E-state index in [0.717, 1.165) is 0 Å². The predicted octanol–water partition coefficient (Wildman–Crippen LogP) is 0.688. The molecule has 6 nitrogen and oxygen atoms in total. The van der Waals surface area contributed by atoms with E-state index in [1.165, 1.54) is 11.8 Å². The quantitative estimate of drug-likeness (QED) is 0.677.